The second-order valence-corrected chi connectivity index (χ2v) is 5.90. The van der Waals surface area contributed by atoms with Crippen molar-refractivity contribution in [1.82, 2.24) is 0 Å². The topological polar surface area (TPSA) is 26.3 Å². The van der Waals surface area contributed by atoms with Crippen LogP contribution in [0, 0.1) is 11.8 Å². The summed E-state index contributed by atoms with van der Waals surface area (Å²) in [6.45, 7) is 6.35. The lowest BCUT2D eigenvalue weighted by Crippen LogP contribution is -2.27. The van der Waals surface area contributed by atoms with E-state index in [1.165, 1.54) is 12.8 Å². The molecule has 0 amide bonds. The minimum absolute atomic E-state index is 0.157. The van der Waals surface area contributed by atoms with E-state index in [-0.39, 0.29) is 5.60 Å². The van der Waals surface area contributed by atoms with Gasteiger partial charge in [-0.1, -0.05) is 19.8 Å². The van der Waals surface area contributed by atoms with Crippen molar-refractivity contribution in [2.75, 3.05) is 7.11 Å². The first-order chi connectivity index (χ1) is 7.44. The lowest BCUT2D eigenvalue weighted by molar-refractivity contribution is -0.125. The number of hydrogen-bond acceptors (Lipinski definition) is 2. The fourth-order valence-electron chi connectivity index (χ4n) is 2.46. The van der Waals surface area contributed by atoms with Crippen molar-refractivity contribution in [2.24, 2.45) is 11.8 Å². The van der Waals surface area contributed by atoms with Gasteiger partial charge in [0.25, 0.3) is 0 Å². The third-order valence-electron chi connectivity index (χ3n) is 3.92. The van der Waals surface area contributed by atoms with Crippen molar-refractivity contribution in [1.29, 1.82) is 0 Å². The summed E-state index contributed by atoms with van der Waals surface area (Å²) in [4.78, 5) is 12.1. The second kappa shape index (κ2) is 5.81. The predicted molar refractivity (Wildman–Crippen MR) is 66.5 cm³/mol. The molecule has 2 nitrogen and oxygen atoms in total. The van der Waals surface area contributed by atoms with E-state index in [0.29, 0.717) is 18.1 Å². The number of rotatable bonds is 5. The van der Waals surface area contributed by atoms with Crippen LogP contribution in [0.3, 0.4) is 0 Å². The van der Waals surface area contributed by atoms with E-state index in [4.69, 9.17) is 4.74 Å². The lowest BCUT2D eigenvalue weighted by Gasteiger charge is -2.27. The zero-order valence-electron chi connectivity index (χ0n) is 11.2. The Morgan fingerprint density at radius 1 is 1.38 bits per heavy atom. The average Bonchev–Trinajstić information content (AvgIpc) is 2.26. The molecule has 0 saturated heterocycles. The summed E-state index contributed by atoms with van der Waals surface area (Å²) in [6, 6.07) is 0. The number of Topliss-reactive ketones (excluding diaryl/α,β-unsaturated/α-hetero) is 1. The fourth-order valence-corrected chi connectivity index (χ4v) is 2.46. The average molecular weight is 226 g/mol. The molecule has 0 spiro atoms. The van der Waals surface area contributed by atoms with Crippen molar-refractivity contribution in [3.05, 3.63) is 0 Å². The Balaban J connectivity index is 2.34. The van der Waals surface area contributed by atoms with E-state index >= 15 is 0 Å². The molecule has 0 heterocycles. The van der Waals surface area contributed by atoms with Gasteiger partial charge >= 0.3 is 0 Å². The summed E-state index contributed by atoms with van der Waals surface area (Å²) >= 11 is 0. The largest absolute Gasteiger partial charge is 0.379 e. The zero-order valence-corrected chi connectivity index (χ0v) is 11.2. The third kappa shape index (κ3) is 4.25. The molecule has 1 aliphatic carbocycles. The Labute approximate surface area is 99.8 Å². The van der Waals surface area contributed by atoms with Crippen molar-refractivity contribution >= 4 is 5.78 Å². The Bertz CT molecular complexity index is 233. The first kappa shape index (κ1) is 13.7. The normalized spacial score (nSPS) is 26.8. The molecule has 1 rings (SSSR count). The monoisotopic (exact) mass is 226 g/mol. The Hall–Kier alpha value is -0.370. The van der Waals surface area contributed by atoms with Crippen LogP contribution in [0.25, 0.3) is 0 Å². The predicted octanol–water partition coefficient (Wildman–Crippen LogP) is 3.59. The molecule has 1 saturated carbocycles. The van der Waals surface area contributed by atoms with Gasteiger partial charge in [0.1, 0.15) is 5.78 Å². The molecule has 16 heavy (non-hydrogen) atoms. The number of carbonyl (C=O) groups excluding carboxylic acids is 1. The number of ketones is 1. The van der Waals surface area contributed by atoms with Crippen molar-refractivity contribution in [3.8, 4) is 0 Å². The van der Waals surface area contributed by atoms with Gasteiger partial charge in [0.15, 0.2) is 0 Å². The molecule has 2 unspecified atom stereocenters. The summed E-state index contributed by atoms with van der Waals surface area (Å²) in [6.07, 6.45) is 6.26. The number of hydrogen-bond donors (Lipinski definition) is 0. The molecule has 1 aliphatic rings. The Kier molecular flexibility index (Phi) is 4.97. The lowest BCUT2D eigenvalue weighted by atomic mass is 9.79. The minimum Gasteiger partial charge on any atom is -0.379 e. The quantitative estimate of drug-likeness (QED) is 0.716. The summed E-state index contributed by atoms with van der Waals surface area (Å²) < 4.78 is 5.34. The maximum Gasteiger partial charge on any atom is 0.136 e. The molecular formula is C14H26O2. The van der Waals surface area contributed by atoms with Crippen LogP contribution >= 0.6 is 0 Å². The molecule has 0 aliphatic heterocycles. The van der Waals surface area contributed by atoms with Crippen LogP contribution in [-0.2, 0) is 9.53 Å². The van der Waals surface area contributed by atoms with Gasteiger partial charge in [-0.05, 0) is 39.0 Å². The van der Waals surface area contributed by atoms with Gasteiger partial charge in [-0.2, -0.15) is 0 Å². The third-order valence-corrected chi connectivity index (χ3v) is 3.92. The Morgan fingerprint density at radius 2 is 2.06 bits per heavy atom. The SMILES string of the molecule is COC(C)(C)CCC(=O)C1CCCC(C)C1. The minimum atomic E-state index is -0.157. The highest BCUT2D eigenvalue weighted by molar-refractivity contribution is 5.81. The highest BCUT2D eigenvalue weighted by atomic mass is 16.5. The van der Waals surface area contributed by atoms with Crippen LogP contribution in [0.5, 0.6) is 0 Å². The number of methoxy groups -OCH3 is 1. The highest BCUT2D eigenvalue weighted by Gasteiger charge is 2.26. The van der Waals surface area contributed by atoms with Gasteiger partial charge in [0.2, 0.25) is 0 Å². The van der Waals surface area contributed by atoms with Gasteiger partial charge in [0, 0.05) is 19.4 Å². The van der Waals surface area contributed by atoms with Crippen LogP contribution in [-0.4, -0.2) is 18.5 Å². The van der Waals surface area contributed by atoms with Crippen molar-refractivity contribution in [2.45, 2.75) is 64.9 Å². The molecule has 94 valence electrons. The standard InChI is InChI=1S/C14H26O2/c1-11-6-5-7-12(10-11)13(15)8-9-14(2,3)16-4/h11-12H,5-10H2,1-4H3. The molecule has 0 bridgehead atoms. The molecular weight excluding hydrogens is 200 g/mol. The van der Waals surface area contributed by atoms with Crippen LogP contribution in [0.1, 0.15) is 59.3 Å². The van der Waals surface area contributed by atoms with Crippen LogP contribution in [0.4, 0.5) is 0 Å². The Morgan fingerprint density at radius 3 is 2.62 bits per heavy atom. The summed E-state index contributed by atoms with van der Waals surface area (Å²) in [5.74, 6) is 1.52. The first-order valence-electron chi connectivity index (χ1n) is 6.52. The van der Waals surface area contributed by atoms with E-state index in [1.54, 1.807) is 7.11 Å². The first-order valence-corrected chi connectivity index (χ1v) is 6.52. The van der Waals surface area contributed by atoms with Gasteiger partial charge in [-0.25, -0.2) is 0 Å². The molecule has 2 heteroatoms. The van der Waals surface area contributed by atoms with Gasteiger partial charge in [-0.15, -0.1) is 0 Å². The number of ether oxygens (including phenoxy) is 1. The fraction of sp³-hybridized carbons (Fsp3) is 0.929. The van der Waals surface area contributed by atoms with Gasteiger partial charge in [-0.3, -0.25) is 4.79 Å². The summed E-state index contributed by atoms with van der Waals surface area (Å²) in [5, 5.41) is 0. The molecule has 0 aromatic heterocycles. The van der Waals surface area contributed by atoms with Crippen LogP contribution < -0.4 is 0 Å². The van der Waals surface area contributed by atoms with E-state index < -0.39 is 0 Å². The highest BCUT2D eigenvalue weighted by Crippen LogP contribution is 2.30. The summed E-state index contributed by atoms with van der Waals surface area (Å²) in [5.41, 5.74) is -0.157. The maximum atomic E-state index is 12.1. The van der Waals surface area contributed by atoms with E-state index in [2.05, 4.69) is 6.92 Å². The maximum absolute atomic E-state index is 12.1. The van der Waals surface area contributed by atoms with E-state index in [1.807, 2.05) is 13.8 Å². The molecule has 2 atom stereocenters. The van der Waals surface area contributed by atoms with Crippen LogP contribution in [0.2, 0.25) is 0 Å². The molecule has 0 aromatic carbocycles. The van der Waals surface area contributed by atoms with Crippen molar-refractivity contribution in [3.63, 3.8) is 0 Å². The van der Waals surface area contributed by atoms with Crippen molar-refractivity contribution < 1.29 is 9.53 Å². The molecule has 0 N–H and O–H groups in total. The number of carbonyl (C=O) groups is 1. The zero-order chi connectivity index (χ0) is 12.2. The molecule has 0 radical (unpaired) electrons. The van der Waals surface area contributed by atoms with E-state index in [0.717, 1.165) is 25.2 Å². The smallest absolute Gasteiger partial charge is 0.136 e. The molecule has 0 aromatic rings. The van der Waals surface area contributed by atoms with E-state index in [9.17, 15) is 4.79 Å². The second-order valence-electron chi connectivity index (χ2n) is 5.90. The summed E-state index contributed by atoms with van der Waals surface area (Å²) in [7, 11) is 1.72. The molecule has 1 fully saturated rings. The van der Waals surface area contributed by atoms with Gasteiger partial charge < -0.3 is 4.74 Å². The van der Waals surface area contributed by atoms with Crippen LogP contribution in [0.15, 0.2) is 0 Å². The van der Waals surface area contributed by atoms with Gasteiger partial charge in [0.05, 0.1) is 5.60 Å².